The van der Waals surface area contributed by atoms with Crippen LogP contribution in [0.1, 0.15) is 34.6 Å². The van der Waals surface area contributed by atoms with Crippen LogP contribution in [0.25, 0.3) is 11.0 Å². The molecule has 114 valence electrons. The van der Waals surface area contributed by atoms with E-state index in [9.17, 15) is 0 Å². The molecule has 1 N–H and O–H groups in total. The molecule has 1 aliphatic carbocycles. The first-order chi connectivity index (χ1) is 9.80. The quantitative estimate of drug-likeness (QED) is 0.824. The second kappa shape index (κ2) is 4.60. The van der Waals surface area contributed by atoms with Gasteiger partial charge in [-0.25, -0.2) is 0 Å². The van der Waals surface area contributed by atoms with Crippen molar-refractivity contribution in [3.8, 4) is 5.75 Å². The average Bonchev–Trinajstić information content (AvgIpc) is 2.68. The van der Waals surface area contributed by atoms with Crippen molar-refractivity contribution in [2.24, 2.45) is 16.7 Å². The predicted octanol–water partition coefficient (Wildman–Crippen LogP) is 4.78. The summed E-state index contributed by atoms with van der Waals surface area (Å²) in [5.74, 6) is 1.53. The predicted molar refractivity (Wildman–Crippen MR) is 89.3 cm³/mol. The number of nitrogens with one attached hydrogen (secondary N) is 1. The van der Waals surface area contributed by atoms with Gasteiger partial charge in [-0.3, -0.25) is 0 Å². The summed E-state index contributed by atoms with van der Waals surface area (Å²) < 4.78 is 8.72. The number of H-pyrrole nitrogens is 1. The molecule has 1 saturated carbocycles. The lowest BCUT2D eigenvalue weighted by molar-refractivity contribution is 0.343. The van der Waals surface area contributed by atoms with Crippen LogP contribution in [0.5, 0.6) is 5.75 Å². The van der Waals surface area contributed by atoms with Crippen LogP contribution in [0, 0.1) is 21.5 Å². The van der Waals surface area contributed by atoms with Gasteiger partial charge in [0.05, 0.1) is 12.1 Å². The van der Waals surface area contributed by atoms with Gasteiger partial charge in [0.15, 0.2) is 4.77 Å². The van der Waals surface area contributed by atoms with Crippen LogP contribution in [0.15, 0.2) is 18.2 Å². The summed E-state index contributed by atoms with van der Waals surface area (Å²) in [6.07, 6.45) is 0. The summed E-state index contributed by atoms with van der Waals surface area (Å²) in [4.78, 5) is 3.32. The van der Waals surface area contributed by atoms with Crippen LogP contribution >= 0.6 is 12.2 Å². The van der Waals surface area contributed by atoms with E-state index in [1.807, 2.05) is 19.1 Å². The molecular weight excluding hydrogens is 280 g/mol. The highest BCUT2D eigenvalue weighted by molar-refractivity contribution is 7.71. The molecule has 0 radical (unpaired) electrons. The Morgan fingerprint density at radius 2 is 1.90 bits per heavy atom. The Morgan fingerprint density at radius 3 is 2.48 bits per heavy atom. The number of hydrogen-bond acceptors (Lipinski definition) is 2. The Kier molecular flexibility index (Phi) is 3.21. The number of imidazole rings is 1. The monoisotopic (exact) mass is 304 g/mol. The normalized spacial score (nSPS) is 19.9. The van der Waals surface area contributed by atoms with E-state index in [0.717, 1.165) is 28.1 Å². The van der Waals surface area contributed by atoms with Crippen molar-refractivity contribution in [2.75, 3.05) is 6.61 Å². The molecule has 0 spiro atoms. The van der Waals surface area contributed by atoms with Crippen molar-refractivity contribution in [1.29, 1.82) is 0 Å². The van der Waals surface area contributed by atoms with E-state index in [1.165, 1.54) is 0 Å². The number of para-hydroxylation sites is 1. The zero-order valence-electron chi connectivity index (χ0n) is 13.5. The van der Waals surface area contributed by atoms with Gasteiger partial charge in [-0.2, -0.15) is 0 Å². The minimum atomic E-state index is 0.364. The first-order valence-corrected chi connectivity index (χ1v) is 8.06. The molecule has 3 nitrogen and oxygen atoms in total. The van der Waals surface area contributed by atoms with Crippen LogP contribution in [-0.2, 0) is 6.54 Å². The number of hydrogen-bond donors (Lipinski definition) is 1. The summed E-state index contributed by atoms with van der Waals surface area (Å²) in [6, 6.07) is 6.15. The van der Waals surface area contributed by atoms with E-state index in [1.54, 1.807) is 0 Å². The molecule has 1 fully saturated rings. The Balaban J connectivity index is 2.03. The molecule has 4 heteroatoms. The number of rotatable bonds is 4. The zero-order valence-corrected chi connectivity index (χ0v) is 14.3. The maximum atomic E-state index is 5.70. The van der Waals surface area contributed by atoms with E-state index < -0.39 is 0 Å². The lowest BCUT2D eigenvalue weighted by atomic mass is 10.0. The number of benzene rings is 1. The summed E-state index contributed by atoms with van der Waals surface area (Å²) in [5, 5.41) is 0. The lowest BCUT2D eigenvalue weighted by Crippen LogP contribution is -2.04. The molecule has 1 aliphatic rings. The number of aromatic nitrogens is 2. The highest BCUT2D eigenvalue weighted by Crippen LogP contribution is 2.68. The molecule has 1 aromatic heterocycles. The van der Waals surface area contributed by atoms with Gasteiger partial charge in [-0.05, 0) is 48.0 Å². The van der Waals surface area contributed by atoms with Crippen molar-refractivity contribution < 1.29 is 4.74 Å². The first-order valence-electron chi connectivity index (χ1n) is 7.65. The van der Waals surface area contributed by atoms with E-state index in [0.29, 0.717) is 23.4 Å². The highest BCUT2D eigenvalue weighted by atomic mass is 32.1. The fourth-order valence-corrected chi connectivity index (χ4v) is 3.86. The van der Waals surface area contributed by atoms with Gasteiger partial charge in [0.25, 0.3) is 0 Å². The van der Waals surface area contributed by atoms with Crippen LogP contribution < -0.4 is 4.74 Å². The van der Waals surface area contributed by atoms with E-state index in [4.69, 9.17) is 17.0 Å². The standard InChI is InChI=1S/C17H24N2OS/c1-6-20-12-9-7-8-11-14(12)18-15(21)19(11)10-13-16(2,3)17(13,4)5/h7-9,13H,6,10H2,1-5H3,(H,18,21). The summed E-state index contributed by atoms with van der Waals surface area (Å²) in [5.41, 5.74) is 2.89. The molecule has 0 aliphatic heterocycles. The Morgan fingerprint density at radius 1 is 1.24 bits per heavy atom. The SMILES string of the molecule is CCOc1cccc2c1[nH]c(=S)n2CC1C(C)(C)C1(C)C. The Hall–Kier alpha value is -1.29. The van der Waals surface area contributed by atoms with Gasteiger partial charge >= 0.3 is 0 Å². The molecule has 0 amide bonds. The third kappa shape index (κ3) is 2.03. The fraction of sp³-hybridized carbons (Fsp3) is 0.588. The smallest absolute Gasteiger partial charge is 0.178 e. The first kappa shape index (κ1) is 14.6. The van der Waals surface area contributed by atoms with Crippen molar-refractivity contribution in [3.05, 3.63) is 23.0 Å². The second-order valence-electron chi connectivity index (χ2n) is 7.12. The van der Waals surface area contributed by atoms with Crippen LogP contribution in [0.2, 0.25) is 0 Å². The largest absolute Gasteiger partial charge is 0.492 e. The number of fused-ring (bicyclic) bond motifs is 1. The van der Waals surface area contributed by atoms with Crippen LogP contribution in [0.4, 0.5) is 0 Å². The molecule has 0 bridgehead atoms. The van der Waals surface area contributed by atoms with Crippen molar-refractivity contribution in [1.82, 2.24) is 9.55 Å². The molecular formula is C17H24N2OS. The molecule has 21 heavy (non-hydrogen) atoms. The summed E-state index contributed by atoms with van der Waals surface area (Å²) in [6.45, 7) is 13.0. The third-order valence-corrected chi connectivity index (χ3v) is 6.08. The van der Waals surface area contributed by atoms with Gasteiger partial charge in [0, 0.05) is 6.54 Å². The average molecular weight is 304 g/mol. The van der Waals surface area contributed by atoms with Crippen LogP contribution in [-0.4, -0.2) is 16.2 Å². The molecule has 0 atom stereocenters. The number of aromatic amines is 1. The highest BCUT2D eigenvalue weighted by Gasteiger charge is 2.64. The molecule has 3 rings (SSSR count). The van der Waals surface area contributed by atoms with E-state index >= 15 is 0 Å². The number of ether oxygens (including phenoxy) is 1. The zero-order chi connectivity index (χ0) is 15.4. The van der Waals surface area contributed by atoms with Crippen molar-refractivity contribution in [2.45, 2.75) is 41.2 Å². The van der Waals surface area contributed by atoms with Gasteiger partial charge in [-0.1, -0.05) is 33.8 Å². The van der Waals surface area contributed by atoms with Crippen molar-refractivity contribution in [3.63, 3.8) is 0 Å². The Bertz CT molecular complexity index is 725. The summed E-state index contributed by atoms with van der Waals surface area (Å²) >= 11 is 5.54. The molecule has 1 heterocycles. The van der Waals surface area contributed by atoms with Gasteiger partial charge in [0.1, 0.15) is 11.3 Å². The molecule has 2 aromatic rings. The summed E-state index contributed by atoms with van der Waals surface area (Å²) in [7, 11) is 0. The van der Waals surface area contributed by atoms with E-state index in [-0.39, 0.29) is 0 Å². The molecule has 0 unspecified atom stereocenters. The molecule has 0 saturated heterocycles. The minimum Gasteiger partial charge on any atom is -0.492 e. The topological polar surface area (TPSA) is 29.9 Å². The number of nitrogens with zero attached hydrogens (tertiary/aromatic N) is 1. The van der Waals surface area contributed by atoms with Crippen LogP contribution in [0.3, 0.4) is 0 Å². The van der Waals surface area contributed by atoms with Crippen molar-refractivity contribution >= 4 is 23.3 Å². The lowest BCUT2D eigenvalue weighted by Gasteiger charge is -2.07. The third-order valence-electron chi connectivity index (χ3n) is 5.76. The Labute approximate surface area is 131 Å². The van der Waals surface area contributed by atoms with Gasteiger partial charge in [-0.15, -0.1) is 0 Å². The molecule has 1 aromatic carbocycles. The second-order valence-corrected chi connectivity index (χ2v) is 7.51. The maximum Gasteiger partial charge on any atom is 0.178 e. The minimum absolute atomic E-state index is 0.364. The van der Waals surface area contributed by atoms with Gasteiger partial charge in [0.2, 0.25) is 0 Å². The van der Waals surface area contributed by atoms with E-state index in [2.05, 4.69) is 43.3 Å². The van der Waals surface area contributed by atoms with Gasteiger partial charge < -0.3 is 14.3 Å². The fourth-order valence-electron chi connectivity index (χ4n) is 3.58. The maximum absolute atomic E-state index is 5.70.